The van der Waals surface area contributed by atoms with Gasteiger partial charge in [0.05, 0.1) is 0 Å². The number of nitrogens with one attached hydrogen (secondary N) is 1. The van der Waals surface area contributed by atoms with Gasteiger partial charge in [-0.2, -0.15) is 11.8 Å². The van der Waals surface area contributed by atoms with E-state index in [0.29, 0.717) is 17.3 Å². The molecule has 0 aliphatic carbocycles. The topological polar surface area (TPSA) is 42.0 Å². The van der Waals surface area contributed by atoms with E-state index in [4.69, 9.17) is 11.6 Å². The molecule has 1 N–H and O–H groups in total. The Hall–Kier alpha value is -0.740. The Balaban J connectivity index is 2.80. The molecule has 1 rings (SSSR count). The summed E-state index contributed by atoms with van der Waals surface area (Å²) in [4.78, 5) is 16.6. The fourth-order valence-electron chi connectivity index (χ4n) is 2.27. The molecule has 0 aliphatic heterocycles. The van der Waals surface area contributed by atoms with E-state index in [1.54, 1.807) is 6.07 Å². The van der Waals surface area contributed by atoms with Gasteiger partial charge in [0.2, 0.25) is 0 Å². The van der Waals surface area contributed by atoms with Gasteiger partial charge in [-0.25, -0.2) is 4.98 Å². The van der Waals surface area contributed by atoms with E-state index in [2.05, 4.69) is 37.3 Å². The molecule has 3 nitrogen and oxygen atoms in total. The zero-order valence-corrected chi connectivity index (χ0v) is 14.9. The number of carbonyl (C=O) groups excluding carboxylic acids is 1. The monoisotopic (exact) mass is 328 g/mol. The van der Waals surface area contributed by atoms with Crippen molar-refractivity contribution in [2.75, 3.05) is 12.8 Å². The van der Waals surface area contributed by atoms with Crippen molar-refractivity contribution in [2.24, 2.45) is 0 Å². The molecule has 0 spiro atoms. The van der Waals surface area contributed by atoms with Crippen LogP contribution in [-0.2, 0) is 6.42 Å². The van der Waals surface area contributed by atoms with Crippen LogP contribution in [0, 0.1) is 0 Å². The largest absolute Gasteiger partial charge is 0.351 e. The number of thioether (sulfide) groups is 1. The lowest BCUT2D eigenvalue weighted by molar-refractivity contribution is 0.0948. The molecule has 118 valence electrons. The maximum Gasteiger partial charge on any atom is 0.251 e. The predicted molar refractivity (Wildman–Crippen MR) is 92.4 cm³/mol. The van der Waals surface area contributed by atoms with Crippen LogP contribution in [-0.4, -0.2) is 28.4 Å². The molecule has 1 heterocycles. The minimum absolute atomic E-state index is 0.0722. The van der Waals surface area contributed by atoms with E-state index in [9.17, 15) is 4.79 Å². The second-order valence-electron chi connectivity index (χ2n) is 5.20. The van der Waals surface area contributed by atoms with Gasteiger partial charge in [0, 0.05) is 22.5 Å². The molecule has 0 aliphatic rings. The van der Waals surface area contributed by atoms with E-state index >= 15 is 0 Å². The SMILES string of the molecule is CCCc1cc(C(=O)NCC(CC)(CC)SC)cc(Cl)n1. The number of carbonyl (C=O) groups is 1. The molecule has 0 fully saturated rings. The van der Waals surface area contributed by atoms with Crippen LogP contribution < -0.4 is 5.32 Å². The van der Waals surface area contributed by atoms with Crippen LogP contribution in [0.2, 0.25) is 5.15 Å². The first-order valence-corrected chi connectivity index (χ1v) is 9.10. The van der Waals surface area contributed by atoms with Crippen LogP contribution in [0.4, 0.5) is 0 Å². The number of nitrogens with zero attached hydrogens (tertiary/aromatic N) is 1. The Bertz CT molecular complexity index is 467. The molecule has 1 amide bonds. The highest BCUT2D eigenvalue weighted by molar-refractivity contribution is 8.00. The van der Waals surface area contributed by atoms with E-state index in [-0.39, 0.29) is 10.7 Å². The first-order valence-electron chi connectivity index (χ1n) is 7.50. The third-order valence-corrected chi connectivity index (χ3v) is 5.69. The fourth-order valence-corrected chi connectivity index (χ4v) is 3.29. The maximum atomic E-state index is 12.3. The van der Waals surface area contributed by atoms with Crippen molar-refractivity contribution in [3.8, 4) is 0 Å². The van der Waals surface area contributed by atoms with Gasteiger partial charge in [-0.15, -0.1) is 0 Å². The molecule has 1 aromatic rings. The molecule has 0 atom stereocenters. The number of pyridine rings is 1. The van der Waals surface area contributed by atoms with Crippen molar-refractivity contribution in [3.05, 3.63) is 28.5 Å². The molecule has 0 radical (unpaired) electrons. The summed E-state index contributed by atoms with van der Waals surface area (Å²) in [7, 11) is 0. The number of aromatic nitrogens is 1. The van der Waals surface area contributed by atoms with Crippen molar-refractivity contribution >= 4 is 29.3 Å². The van der Waals surface area contributed by atoms with E-state index in [1.165, 1.54) is 0 Å². The van der Waals surface area contributed by atoms with Crippen LogP contribution in [0.1, 0.15) is 56.1 Å². The second-order valence-corrected chi connectivity index (χ2v) is 6.86. The predicted octanol–water partition coefficient (Wildman–Crippen LogP) is 4.34. The lowest BCUT2D eigenvalue weighted by atomic mass is 10.0. The third-order valence-electron chi connectivity index (χ3n) is 3.91. The van der Waals surface area contributed by atoms with Crippen molar-refractivity contribution in [3.63, 3.8) is 0 Å². The summed E-state index contributed by atoms with van der Waals surface area (Å²) in [5, 5.41) is 3.43. The summed E-state index contributed by atoms with van der Waals surface area (Å²) in [6.07, 6.45) is 5.98. The van der Waals surface area contributed by atoms with Gasteiger partial charge in [-0.1, -0.05) is 38.8 Å². The van der Waals surface area contributed by atoms with Crippen molar-refractivity contribution < 1.29 is 4.79 Å². The van der Waals surface area contributed by atoms with Gasteiger partial charge >= 0.3 is 0 Å². The Labute approximate surface area is 137 Å². The van der Waals surface area contributed by atoms with Crippen LogP contribution in [0.15, 0.2) is 12.1 Å². The Kier molecular flexibility index (Phi) is 7.53. The average molecular weight is 329 g/mol. The van der Waals surface area contributed by atoms with Crippen LogP contribution in [0.25, 0.3) is 0 Å². The zero-order chi connectivity index (χ0) is 15.9. The molecule has 0 saturated carbocycles. The lowest BCUT2D eigenvalue weighted by Crippen LogP contribution is -2.39. The summed E-state index contributed by atoms with van der Waals surface area (Å²) >= 11 is 7.82. The van der Waals surface area contributed by atoms with Crippen molar-refractivity contribution in [1.82, 2.24) is 10.3 Å². The van der Waals surface area contributed by atoms with Gasteiger partial charge in [0.25, 0.3) is 5.91 Å². The molecule has 21 heavy (non-hydrogen) atoms. The summed E-state index contributed by atoms with van der Waals surface area (Å²) in [5.74, 6) is -0.0722. The van der Waals surface area contributed by atoms with Gasteiger partial charge in [0.15, 0.2) is 0 Å². The molecular formula is C16H25ClN2OS. The average Bonchev–Trinajstić information content (AvgIpc) is 2.48. The lowest BCUT2D eigenvalue weighted by Gasteiger charge is -2.29. The van der Waals surface area contributed by atoms with Crippen molar-refractivity contribution in [1.29, 1.82) is 0 Å². The number of rotatable bonds is 8. The maximum absolute atomic E-state index is 12.3. The Morgan fingerprint density at radius 3 is 2.52 bits per heavy atom. The summed E-state index contributed by atoms with van der Waals surface area (Å²) in [5.41, 5.74) is 1.47. The highest BCUT2D eigenvalue weighted by Crippen LogP contribution is 2.29. The number of hydrogen-bond acceptors (Lipinski definition) is 3. The van der Waals surface area contributed by atoms with Crippen LogP contribution in [0.3, 0.4) is 0 Å². The fraction of sp³-hybridized carbons (Fsp3) is 0.625. The van der Waals surface area contributed by atoms with Gasteiger partial charge in [0.1, 0.15) is 5.15 Å². The van der Waals surface area contributed by atoms with E-state index < -0.39 is 0 Å². The van der Waals surface area contributed by atoms with E-state index in [1.807, 2.05) is 17.8 Å². The standard InChI is InChI=1S/C16H25ClN2OS/c1-5-8-13-9-12(10-14(17)19-13)15(20)18-11-16(6-2,7-3)21-4/h9-10H,5-8,11H2,1-4H3,(H,18,20). The Morgan fingerprint density at radius 1 is 1.33 bits per heavy atom. The number of halogens is 1. The summed E-state index contributed by atoms with van der Waals surface area (Å²) < 4.78 is 0.110. The first-order chi connectivity index (χ1) is 10.00. The quantitative estimate of drug-likeness (QED) is 0.722. The molecule has 0 aromatic carbocycles. The summed E-state index contributed by atoms with van der Waals surface area (Å²) in [6, 6.07) is 3.47. The van der Waals surface area contributed by atoms with E-state index in [0.717, 1.165) is 31.4 Å². The minimum atomic E-state index is -0.0722. The molecule has 5 heteroatoms. The molecular weight excluding hydrogens is 304 g/mol. The smallest absolute Gasteiger partial charge is 0.251 e. The van der Waals surface area contributed by atoms with Crippen LogP contribution in [0.5, 0.6) is 0 Å². The van der Waals surface area contributed by atoms with Gasteiger partial charge in [-0.05, 0) is 37.7 Å². The van der Waals surface area contributed by atoms with Crippen molar-refractivity contribution in [2.45, 2.75) is 51.2 Å². The normalized spacial score (nSPS) is 11.5. The molecule has 0 unspecified atom stereocenters. The number of amides is 1. The van der Waals surface area contributed by atoms with Gasteiger partial charge < -0.3 is 5.32 Å². The first kappa shape index (κ1) is 18.3. The molecule has 1 aromatic heterocycles. The number of aryl methyl sites for hydroxylation is 1. The van der Waals surface area contributed by atoms with Crippen LogP contribution >= 0.6 is 23.4 Å². The molecule has 0 bridgehead atoms. The summed E-state index contributed by atoms with van der Waals surface area (Å²) in [6.45, 7) is 7.07. The third kappa shape index (κ3) is 5.19. The Morgan fingerprint density at radius 2 is 2.00 bits per heavy atom. The second kappa shape index (κ2) is 8.64. The van der Waals surface area contributed by atoms with Gasteiger partial charge in [-0.3, -0.25) is 4.79 Å². The highest BCUT2D eigenvalue weighted by Gasteiger charge is 2.25. The molecule has 0 saturated heterocycles. The minimum Gasteiger partial charge on any atom is -0.351 e. The highest BCUT2D eigenvalue weighted by atomic mass is 35.5. The zero-order valence-electron chi connectivity index (χ0n) is 13.3. The number of hydrogen-bond donors (Lipinski definition) is 1.